The second-order valence-corrected chi connectivity index (χ2v) is 2.99. The summed E-state index contributed by atoms with van der Waals surface area (Å²) < 4.78 is 4.97. The summed E-state index contributed by atoms with van der Waals surface area (Å²) in [5.74, 6) is 1.47. The van der Waals surface area contributed by atoms with Gasteiger partial charge in [-0.3, -0.25) is 0 Å². The SMILES string of the molecule is CCCCNCc1noc(CC)n1. The maximum atomic E-state index is 4.97. The fourth-order valence-corrected chi connectivity index (χ4v) is 1.01. The Morgan fingerprint density at radius 2 is 2.23 bits per heavy atom. The van der Waals surface area contributed by atoms with Crippen LogP contribution >= 0.6 is 0 Å². The maximum absolute atomic E-state index is 4.97. The minimum Gasteiger partial charge on any atom is -0.339 e. The molecule has 4 heteroatoms. The van der Waals surface area contributed by atoms with Crippen LogP contribution in [0.25, 0.3) is 0 Å². The van der Waals surface area contributed by atoms with E-state index in [2.05, 4.69) is 22.4 Å². The highest BCUT2D eigenvalue weighted by atomic mass is 16.5. The molecule has 0 aromatic carbocycles. The molecule has 0 radical (unpaired) electrons. The van der Waals surface area contributed by atoms with Crippen LogP contribution in [0.4, 0.5) is 0 Å². The number of aryl methyl sites for hydroxylation is 1. The molecule has 4 nitrogen and oxygen atoms in total. The lowest BCUT2D eigenvalue weighted by Gasteiger charge is -1.97. The summed E-state index contributed by atoms with van der Waals surface area (Å²) in [5.41, 5.74) is 0. The standard InChI is InChI=1S/C9H17N3O/c1-3-5-6-10-7-8-11-9(4-2)13-12-8/h10H,3-7H2,1-2H3. The summed E-state index contributed by atoms with van der Waals surface area (Å²) in [7, 11) is 0. The monoisotopic (exact) mass is 183 g/mol. The molecule has 1 aromatic heterocycles. The van der Waals surface area contributed by atoms with E-state index in [-0.39, 0.29) is 0 Å². The molecule has 0 saturated heterocycles. The lowest BCUT2D eigenvalue weighted by Crippen LogP contribution is -2.15. The van der Waals surface area contributed by atoms with Crippen LogP contribution in [0.5, 0.6) is 0 Å². The zero-order valence-corrected chi connectivity index (χ0v) is 8.34. The normalized spacial score (nSPS) is 10.6. The highest BCUT2D eigenvalue weighted by molar-refractivity contribution is 4.84. The first-order valence-electron chi connectivity index (χ1n) is 4.89. The topological polar surface area (TPSA) is 51.0 Å². The van der Waals surface area contributed by atoms with E-state index in [0.717, 1.165) is 18.8 Å². The largest absolute Gasteiger partial charge is 0.339 e. The maximum Gasteiger partial charge on any atom is 0.226 e. The number of hydrogen-bond donors (Lipinski definition) is 1. The molecular formula is C9H17N3O. The van der Waals surface area contributed by atoms with Crippen molar-refractivity contribution in [1.82, 2.24) is 15.5 Å². The molecule has 0 aliphatic carbocycles. The molecule has 0 amide bonds. The highest BCUT2D eigenvalue weighted by Gasteiger charge is 2.02. The van der Waals surface area contributed by atoms with Gasteiger partial charge in [0.1, 0.15) is 0 Å². The van der Waals surface area contributed by atoms with E-state index in [1.165, 1.54) is 12.8 Å². The molecule has 0 aliphatic rings. The van der Waals surface area contributed by atoms with Gasteiger partial charge in [-0.25, -0.2) is 0 Å². The van der Waals surface area contributed by atoms with Crippen molar-refractivity contribution in [3.05, 3.63) is 11.7 Å². The zero-order valence-electron chi connectivity index (χ0n) is 8.34. The first-order valence-corrected chi connectivity index (χ1v) is 4.89. The average molecular weight is 183 g/mol. The molecule has 1 aromatic rings. The van der Waals surface area contributed by atoms with Crippen molar-refractivity contribution >= 4 is 0 Å². The molecule has 74 valence electrons. The van der Waals surface area contributed by atoms with Crippen LogP contribution in [-0.2, 0) is 13.0 Å². The van der Waals surface area contributed by atoms with Gasteiger partial charge in [-0.2, -0.15) is 4.98 Å². The van der Waals surface area contributed by atoms with Crippen LogP contribution in [0.1, 0.15) is 38.4 Å². The minimum atomic E-state index is 0.712. The van der Waals surface area contributed by atoms with Gasteiger partial charge in [-0.05, 0) is 13.0 Å². The summed E-state index contributed by atoms with van der Waals surface area (Å²) in [6, 6.07) is 0. The molecule has 0 unspecified atom stereocenters. The number of unbranched alkanes of at least 4 members (excludes halogenated alkanes) is 1. The van der Waals surface area contributed by atoms with Crippen LogP contribution in [0.15, 0.2) is 4.52 Å². The van der Waals surface area contributed by atoms with E-state index in [1.807, 2.05) is 6.92 Å². The Balaban J connectivity index is 2.20. The van der Waals surface area contributed by atoms with Crippen LogP contribution in [0.3, 0.4) is 0 Å². The predicted molar refractivity (Wildman–Crippen MR) is 50.3 cm³/mol. The van der Waals surface area contributed by atoms with E-state index in [0.29, 0.717) is 12.4 Å². The van der Waals surface area contributed by atoms with Gasteiger partial charge in [-0.15, -0.1) is 0 Å². The number of aromatic nitrogens is 2. The third-order valence-electron chi connectivity index (χ3n) is 1.80. The lowest BCUT2D eigenvalue weighted by atomic mass is 10.3. The average Bonchev–Trinajstić information content (AvgIpc) is 2.60. The molecule has 0 bridgehead atoms. The van der Waals surface area contributed by atoms with E-state index in [1.54, 1.807) is 0 Å². The molecule has 1 rings (SSSR count). The number of rotatable bonds is 6. The Morgan fingerprint density at radius 1 is 1.38 bits per heavy atom. The summed E-state index contributed by atoms with van der Waals surface area (Å²) in [6.45, 7) is 5.91. The van der Waals surface area contributed by atoms with Crippen molar-refractivity contribution in [2.24, 2.45) is 0 Å². The lowest BCUT2D eigenvalue weighted by molar-refractivity contribution is 0.375. The van der Waals surface area contributed by atoms with E-state index in [9.17, 15) is 0 Å². The molecule has 0 saturated carbocycles. The number of nitrogens with one attached hydrogen (secondary N) is 1. The summed E-state index contributed by atoms with van der Waals surface area (Å²) >= 11 is 0. The Morgan fingerprint density at radius 3 is 2.85 bits per heavy atom. The summed E-state index contributed by atoms with van der Waals surface area (Å²) in [5, 5.41) is 7.09. The minimum absolute atomic E-state index is 0.712. The Bertz CT molecular complexity index is 235. The second-order valence-electron chi connectivity index (χ2n) is 2.99. The van der Waals surface area contributed by atoms with Crippen LogP contribution in [0, 0.1) is 0 Å². The van der Waals surface area contributed by atoms with Gasteiger partial charge in [-0.1, -0.05) is 25.4 Å². The molecule has 0 atom stereocenters. The van der Waals surface area contributed by atoms with Gasteiger partial charge in [0.2, 0.25) is 5.89 Å². The van der Waals surface area contributed by atoms with Gasteiger partial charge in [0, 0.05) is 6.42 Å². The summed E-state index contributed by atoms with van der Waals surface area (Å²) in [4.78, 5) is 4.19. The molecular weight excluding hydrogens is 166 g/mol. The van der Waals surface area contributed by atoms with Crippen molar-refractivity contribution in [1.29, 1.82) is 0 Å². The fraction of sp³-hybridized carbons (Fsp3) is 0.778. The molecule has 0 aliphatic heterocycles. The quantitative estimate of drug-likeness (QED) is 0.679. The van der Waals surface area contributed by atoms with Crippen LogP contribution in [-0.4, -0.2) is 16.7 Å². The molecule has 1 N–H and O–H groups in total. The molecule has 0 fully saturated rings. The van der Waals surface area contributed by atoms with Crippen molar-refractivity contribution < 1.29 is 4.52 Å². The van der Waals surface area contributed by atoms with Crippen LogP contribution < -0.4 is 5.32 Å². The Labute approximate surface area is 78.7 Å². The zero-order chi connectivity index (χ0) is 9.52. The van der Waals surface area contributed by atoms with Crippen molar-refractivity contribution in [2.45, 2.75) is 39.7 Å². The third kappa shape index (κ3) is 3.55. The van der Waals surface area contributed by atoms with Crippen molar-refractivity contribution in [3.63, 3.8) is 0 Å². The number of hydrogen-bond acceptors (Lipinski definition) is 4. The second kappa shape index (κ2) is 5.70. The van der Waals surface area contributed by atoms with Gasteiger partial charge in [0.05, 0.1) is 6.54 Å². The Kier molecular flexibility index (Phi) is 4.46. The summed E-state index contributed by atoms with van der Waals surface area (Å²) in [6.07, 6.45) is 3.21. The van der Waals surface area contributed by atoms with Crippen LogP contribution in [0.2, 0.25) is 0 Å². The van der Waals surface area contributed by atoms with E-state index >= 15 is 0 Å². The van der Waals surface area contributed by atoms with Gasteiger partial charge in [0.25, 0.3) is 0 Å². The molecule has 0 spiro atoms. The molecule has 1 heterocycles. The van der Waals surface area contributed by atoms with Gasteiger partial charge in [0.15, 0.2) is 5.82 Å². The highest BCUT2D eigenvalue weighted by Crippen LogP contribution is 1.97. The van der Waals surface area contributed by atoms with Crippen molar-refractivity contribution in [2.75, 3.05) is 6.54 Å². The predicted octanol–water partition coefficient (Wildman–Crippen LogP) is 1.52. The van der Waals surface area contributed by atoms with Crippen molar-refractivity contribution in [3.8, 4) is 0 Å². The first kappa shape index (κ1) is 10.2. The first-order chi connectivity index (χ1) is 6.36. The molecule has 13 heavy (non-hydrogen) atoms. The van der Waals surface area contributed by atoms with Gasteiger partial charge < -0.3 is 9.84 Å². The van der Waals surface area contributed by atoms with E-state index < -0.39 is 0 Å². The number of nitrogens with zero attached hydrogens (tertiary/aromatic N) is 2. The fourth-order valence-electron chi connectivity index (χ4n) is 1.01. The third-order valence-corrected chi connectivity index (χ3v) is 1.80. The smallest absolute Gasteiger partial charge is 0.226 e. The van der Waals surface area contributed by atoms with E-state index in [4.69, 9.17) is 4.52 Å². The van der Waals surface area contributed by atoms with Gasteiger partial charge >= 0.3 is 0 Å². The Hall–Kier alpha value is -0.900.